The monoisotopic (exact) mass is 502 g/mol. The van der Waals surface area contributed by atoms with Gasteiger partial charge in [-0.1, -0.05) is 52.0 Å². The molecule has 2 aliphatic carbocycles. The molecule has 0 radical (unpaired) electrons. The Morgan fingerprint density at radius 2 is 1.56 bits per heavy atom. The van der Waals surface area contributed by atoms with Crippen LogP contribution in [0.2, 0.25) is 0 Å². The minimum Gasteiger partial charge on any atom is -0.507 e. The zero-order valence-electron chi connectivity index (χ0n) is 19.8. The molecule has 1 saturated carbocycles. The van der Waals surface area contributed by atoms with Crippen molar-refractivity contribution in [1.82, 2.24) is 0 Å². The number of rotatable bonds is 2. The van der Waals surface area contributed by atoms with Gasteiger partial charge in [0.15, 0.2) is 0 Å². The molecular weight excluding hydrogens is 473 g/mol. The molecule has 0 unspecified atom stereocenters. The van der Waals surface area contributed by atoms with Gasteiger partial charge in [0, 0.05) is 21.4 Å². The van der Waals surface area contributed by atoms with E-state index in [1.807, 2.05) is 18.2 Å². The number of benzene rings is 3. The fourth-order valence-electron chi connectivity index (χ4n) is 7.25. The van der Waals surface area contributed by atoms with Crippen molar-refractivity contribution in [2.45, 2.75) is 68.5 Å². The van der Waals surface area contributed by atoms with Gasteiger partial charge in [0.05, 0.1) is 0 Å². The first-order valence-electron chi connectivity index (χ1n) is 11.5. The summed E-state index contributed by atoms with van der Waals surface area (Å²) in [5.41, 5.74) is 0.598. The van der Waals surface area contributed by atoms with Gasteiger partial charge in [-0.15, -0.1) is 0 Å². The van der Waals surface area contributed by atoms with E-state index in [-0.39, 0.29) is 44.4 Å². The van der Waals surface area contributed by atoms with E-state index in [4.69, 9.17) is 0 Å². The van der Waals surface area contributed by atoms with Gasteiger partial charge in [0.1, 0.15) is 5.75 Å². The van der Waals surface area contributed by atoms with Crippen molar-refractivity contribution in [3.63, 3.8) is 0 Å². The average molecular weight is 503 g/mol. The Kier molecular flexibility index (Phi) is 5.35. The van der Waals surface area contributed by atoms with E-state index in [1.165, 1.54) is 11.6 Å². The molecule has 180 valence electrons. The van der Waals surface area contributed by atoms with E-state index in [1.54, 1.807) is 0 Å². The lowest BCUT2D eigenvalue weighted by molar-refractivity contribution is -0.0328. The van der Waals surface area contributed by atoms with Crippen molar-refractivity contribution in [2.75, 3.05) is 0 Å². The van der Waals surface area contributed by atoms with Crippen LogP contribution in [0.25, 0.3) is 21.9 Å². The highest BCUT2D eigenvalue weighted by atomic mass is 32.2. The van der Waals surface area contributed by atoms with Crippen LogP contribution >= 0.6 is 24.4 Å². The number of phenolic OH excluding ortho intramolecular Hbond substituents is 1. The summed E-state index contributed by atoms with van der Waals surface area (Å²) in [6.07, 6.45) is 3.03. The molecule has 1 fully saturated rings. The van der Waals surface area contributed by atoms with Gasteiger partial charge >= 0.3 is 5.51 Å². The minimum atomic E-state index is -4.41. The highest BCUT2D eigenvalue weighted by Gasteiger charge is 2.53. The van der Waals surface area contributed by atoms with Crippen LogP contribution < -0.4 is 0 Å². The molecule has 1 nitrogen and oxygen atoms in total. The normalized spacial score (nSPS) is 19.9. The molecule has 0 heterocycles. The number of phenols is 1. The fraction of sp³-hybridized carbons (Fsp3) is 0.429. The Morgan fingerprint density at radius 3 is 2.18 bits per heavy atom. The lowest BCUT2D eigenvalue weighted by Crippen LogP contribution is -2.43. The minimum absolute atomic E-state index is 0.0388. The Balaban J connectivity index is 1.85. The molecule has 5 rings (SSSR count). The number of fused-ring (bicyclic) bond motifs is 7. The van der Waals surface area contributed by atoms with E-state index in [0.717, 1.165) is 41.3 Å². The second-order valence-electron chi connectivity index (χ2n) is 11.5. The summed E-state index contributed by atoms with van der Waals surface area (Å²) in [4.78, 5) is 0.0891. The lowest BCUT2D eigenvalue weighted by Gasteiger charge is -2.51. The van der Waals surface area contributed by atoms with Gasteiger partial charge in [0.25, 0.3) is 0 Å². The number of thioether (sulfide) groups is 1. The average Bonchev–Trinajstić information content (AvgIpc) is 2.93. The van der Waals surface area contributed by atoms with Crippen LogP contribution in [-0.2, 0) is 11.2 Å². The zero-order valence-corrected chi connectivity index (χ0v) is 21.5. The molecule has 0 aromatic heterocycles. The summed E-state index contributed by atoms with van der Waals surface area (Å²) < 4.78 is 39.7. The maximum atomic E-state index is 13.2. The van der Waals surface area contributed by atoms with Crippen LogP contribution in [0.3, 0.4) is 0 Å². The third kappa shape index (κ3) is 3.81. The molecule has 2 aliphatic rings. The number of thiol groups is 1. The largest absolute Gasteiger partial charge is 0.507 e. The Morgan fingerprint density at radius 1 is 0.912 bits per heavy atom. The Bertz CT molecular complexity index is 1290. The van der Waals surface area contributed by atoms with Gasteiger partial charge < -0.3 is 5.11 Å². The van der Waals surface area contributed by atoms with Gasteiger partial charge in [-0.25, -0.2) is 0 Å². The summed E-state index contributed by atoms with van der Waals surface area (Å²) in [6.45, 7) is 9.27. The number of hydrogen-bond donors (Lipinski definition) is 2. The molecular formula is C28H29F3OS2. The first-order chi connectivity index (χ1) is 15.8. The topological polar surface area (TPSA) is 20.2 Å². The van der Waals surface area contributed by atoms with E-state index in [9.17, 15) is 18.3 Å². The maximum Gasteiger partial charge on any atom is 0.446 e. The lowest BCUT2D eigenvalue weighted by atomic mass is 9.52. The molecule has 0 atom stereocenters. The van der Waals surface area contributed by atoms with Crippen LogP contribution in [0, 0.1) is 10.8 Å². The number of hydrogen-bond acceptors (Lipinski definition) is 3. The second kappa shape index (κ2) is 7.60. The Hall–Kier alpha value is -1.79. The van der Waals surface area contributed by atoms with Crippen molar-refractivity contribution in [3.05, 3.63) is 59.2 Å². The first kappa shape index (κ1) is 23.9. The van der Waals surface area contributed by atoms with E-state index < -0.39 is 5.51 Å². The standard InChI is InChI=1S/C28H29F3OS2/c1-25(2)13-26(3,4)15-27(14-25)20-8-6-5-7-17(20)24-19-9-16(12-33)23(34-28(29,30)31)10-18(19)22(32)11-21(24)27/h5-11,32-33H,12-15H2,1-4H3. The van der Waals surface area contributed by atoms with Crippen LogP contribution in [0.15, 0.2) is 47.4 Å². The van der Waals surface area contributed by atoms with Crippen molar-refractivity contribution in [3.8, 4) is 16.9 Å². The SMILES string of the molecule is CC1(C)CC(C)(C)CC2(C1)c1ccccc1-c1c2cc(O)c2cc(SC(F)(F)F)c(CS)cc12. The smallest absolute Gasteiger partial charge is 0.446 e. The van der Waals surface area contributed by atoms with E-state index in [2.05, 4.69) is 58.5 Å². The van der Waals surface area contributed by atoms with E-state index >= 15 is 0 Å². The highest BCUT2D eigenvalue weighted by molar-refractivity contribution is 8.00. The molecule has 0 bridgehead atoms. The van der Waals surface area contributed by atoms with Gasteiger partial charge in [-0.3, -0.25) is 0 Å². The van der Waals surface area contributed by atoms with Crippen molar-refractivity contribution in [1.29, 1.82) is 0 Å². The molecule has 34 heavy (non-hydrogen) atoms. The third-order valence-corrected chi connectivity index (χ3v) is 8.61. The second-order valence-corrected chi connectivity index (χ2v) is 12.9. The summed E-state index contributed by atoms with van der Waals surface area (Å²) in [6, 6.07) is 13.5. The molecule has 3 aromatic rings. The third-order valence-electron chi connectivity index (χ3n) is 7.44. The molecule has 0 saturated heterocycles. The van der Waals surface area contributed by atoms with Crippen LogP contribution in [-0.4, -0.2) is 10.6 Å². The molecule has 3 aromatic carbocycles. The van der Waals surface area contributed by atoms with Crippen LogP contribution in [0.4, 0.5) is 13.2 Å². The van der Waals surface area contributed by atoms with Crippen molar-refractivity contribution >= 4 is 35.2 Å². The summed E-state index contributed by atoms with van der Waals surface area (Å²) in [5, 5.41) is 12.4. The summed E-state index contributed by atoms with van der Waals surface area (Å²) in [7, 11) is 0. The van der Waals surface area contributed by atoms with Crippen molar-refractivity contribution in [2.24, 2.45) is 10.8 Å². The van der Waals surface area contributed by atoms with Gasteiger partial charge in [-0.2, -0.15) is 25.8 Å². The van der Waals surface area contributed by atoms with Crippen LogP contribution in [0.1, 0.15) is 63.6 Å². The number of alkyl halides is 3. The van der Waals surface area contributed by atoms with Gasteiger partial charge in [0.2, 0.25) is 0 Å². The summed E-state index contributed by atoms with van der Waals surface area (Å²) in [5.74, 6) is 0.225. The quantitative estimate of drug-likeness (QED) is 0.269. The Labute approximate surface area is 208 Å². The van der Waals surface area contributed by atoms with Crippen LogP contribution in [0.5, 0.6) is 5.75 Å². The predicted octanol–water partition coefficient (Wildman–Crippen LogP) is 9.09. The predicted molar refractivity (Wildman–Crippen MR) is 138 cm³/mol. The maximum absolute atomic E-state index is 13.2. The summed E-state index contributed by atoms with van der Waals surface area (Å²) >= 11 is 4.19. The van der Waals surface area contributed by atoms with Gasteiger partial charge in [-0.05, 0) is 93.3 Å². The highest BCUT2D eigenvalue weighted by Crippen LogP contribution is 2.64. The first-order valence-corrected chi connectivity index (χ1v) is 13.0. The number of halogens is 3. The molecule has 0 aliphatic heterocycles. The molecule has 1 N–H and O–H groups in total. The number of aromatic hydroxyl groups is 1. The zero-order chi connectivity index (χ0) is 24.7. The van der Waals surface area contributed by atoms with Crippen molar-refractivity contribution < 1.29 is 18.3 Å². The fourth-order valence-corrected chi connectivity index (χ4v) is 8.30. The molecule has 0 amide bonds. The molecule has 6 heteroatoms. The van der Waals surface area contributed by atoms with E-state index in [0.29, 0.717) is 10.9 Å². The molecule has 1 spiro atoms.